The van der Waals surface area contributed by atoms with Gasteiger partial charge in [-0.15, -0.1) is 10.2 Å². The second kappa shape index (κ2) is 8.91. The van der Waals surface area contributed by atoms with Crippen LogP contribution in [0.1, 0.15) is 56.0 Å². The first-order valence-corrected chi connectivity index (χ1v) is 11.2. The molecule has 2 heterocycles. The summed E-state index contributed by atoms with van der Waals surface area (Å²) in [6.45, 7) is 8.93. The molecule has 0 bridgehead atoms. The fourth-order valence-corrected chi connectivity index (χ4v) is 4.40. The molecule has 0 saturated heterocycles. The van der Waals surface area contributed by atoms with Crippen LogP contribution >= 0.6 is 11.6 Å². The first kappa shape index (κ1) is 23.4. The van der Waals surface area contributed by atoms with Gasteiger partial charge in [-0.2, -0.15) is 13.2 Å². The molecule has 174 valence electrons. The maximum Gasteiger partial charge on any atom is 0.416 e. The van der Waals surface area contributed by atoms with Crippen molar-refractivity contribution in [2.45, 2.75) is 59.0 Å². The standard InChI is InChI=1S/C24H25ClF3N5/c1-14(2)32(15(3)4)13-22-31-30-21-12-29-23(17-7-5-6-8-19(17)25)18-10-9-16(24(26,27)28)11-20(18)33(21)22/h5-11,14-15H,12-13H2,1-4H3. The smallest absolute Gasteiger partial charge is 0.291 e. The number of nitrogens with zero attached hydrogens (tertiary/aromatic N) is 5. The Kier molecular flexibility index (Phi) is 6.33. The van der Waals surface area contributed by atoms with Crippen molar-refractivity contribution in [2.24, 2.45) is 4.99 Å². The highest BCUT2D eigenvalue weighted by Crippen LogP contribution is 2.35. The van der Waals surface area contributed by atoms with Crippen LogP contribution in [0.5, 0.6) is 0 Å². The molecule has 0 unspecified atom stereocenters. The number of aromatic nitrogens is 3. The van der Waals surface area contributed by atoms with Crippen LogP contribution in [0.15, 0.2) is 47.5 Å². The molecule has 5 nitrogen and oxygen atoms in total. The Morgan fingerprint density at radius 3 is 2.33 bits per heavy atom. The highest BCUT2D eigenvalue weighted by molar-refractivity contribution is 6.35. The summed E-state index contributed by atoms with van der Waals surface area (Å²) in [7, 11) is 0. The van der Waals surface area contributed by atoms with E-state index in [1.807, 2.05) is 12.1 Å². The predicted octanol–water partition coefficient (Wildman–Crippen LogP) is 5.91. The first-order valence-electron chi connectivity index (χ1n) is 10.8. The monoisotopic (exact) mass is 475 g/mol. The molecule has 33 heavy (non-hydrogen) atoms. The van der Waals surface area contributed by atoms with Gasteiger partial charge in [0.15, 0.2) is 11.6 Å². The fraction of sp³-hybridized carbons (Fsp3) is 0.375. The Labute approximate surface area is 195 Å². The average molecular weight is 476 g/mol. The highest BCUT2D eigenvalue weighted by Gasteiger charge is 2.33. The van der Waals surface area contributed by atoms with Gasteiger partial charge in [0.1, 0.15) is 6.54 Å². The molecule has 2 aromatic carbocycles. The minimum Gasteiger partial charge on any atom is -0.291 e. The Bertz CT molecular complexity index is 1190. The minimum absolute atomic E-state index is 0.174. The summed E-state index contributed by atoms with van der Waals surface area (Å²) in [4.78, 5) is 6.92. The van der Waals surface area contributed by atoms with Crippen LogP contribution in [0.2, 0.25) is 5.02 Å². The van der Waals surface area contributed by atoms with Gasteiger partial charge in [0.05, 0.1) is 23.5 Å². The topological polar surface area (TPSA) is 46.3 Å². The van der Waals surface area contributed by atoms with Crippen molar-refractivity contribution in [3.63, 3.8) is 0 Å². The number of benzene rings is 2. The van der Waals surface area contributed by atoms with Crippen LogP contribution in [-0.2, 0) is 19.3 Å². The van der Waals surface area contributed by atoms with Crippen molar-refractivity contribution in [3.8, 4) is 5.69 Å². The van der Waals surface area contributed by atoms with Crippen LogP contribution in [0, 0.1) is 0 Å². The summed E-state index contributed by atoms with van der Waals surface area (Å²) in [5.74, 6) is 1.06. The van der Waals surface area contributed by atoms with E-state index in [4.69, 9.17) is 16.6 Å². The maximum atomic E-state index is 13.7. The SMILES string of the molecule is CC(C)N(Cc1nnc2n1-c1cc(C(F)(F)F)ccc1C(c1ccccc1Cl)=NC2)C(C)C. The maximum absolute atomic E-state index is 13.7. The van der Waals surface area contributed by atoms with Crippen molar-refractivity contribution in [3.05, 3.63) is 75.8 Å². The molecule has 0 N–H and O–H groups in total. The van der Waals surface area contributed by atoms with Gasteiger partial charge in [-0.05, 0) is 45.9 Å². The van der Waals surface area contributed by atoms with Crippen molar-refractivity contribution >= 4 is 17.3 Å². The second-order valence-electron chi connectivity index (χ2n) is 8.60. The zero-order chi connectivity index (χ0) is 23.9. The van der Waals surface area contributed by atoms with Crippen molar-refractivity contribution in [1.82, 2.24) is 19.7 Å². The van der Waals surface area contributed by atoms with E-state index < -0.39 is 11.7 Å². The molecule has 0 radical (unpaired) electrons. The average Bonchev–Trinajstić information content (AvgIpc) is 3.07. The number of alkyl halides is 3. The normalized spacial score (nSPS) is 13.8. The van der Waals surface area contributed by atoms with Crippen molar-refractivity contribution in [2.75, 3.05) is 0 Å². The van der Waals surface area contributed by atoms with E-state index in [1.165, 1.54) is 6.07 Å². The summed E-state index contributed by atoms with van der Waals surface area (Å²) in [5.41, 5.74) is 1.36. The number of fused-ring (bicyclic) bond motifs is 3. The zero-order valence-corrected chi connectivity index (χ0v) is 19.6. The van der Waals surface area contributed by atoms with E-state index in [2.05, 4.69) is 42.8 Å². The van der Waals surface area contributed by atoms with E-state index in [9.17, 15) is 13.2 Å². The van der Waals surface area contributed by atoms with E-state index in [0.29, 0.717) is 45.7 Å². The lowest BCUT2D eigenvalue weighted by Gasteiger charge is -2.30. The van der Waals surface area contributed by atoms with Crippen molar-refractivity contribution < 1.29 is 13.2 Å². The molecule has 1 aromatic heterocycles. The Hall–Kier alpha value is -2.71. The predicted molar refractivity (Wildman–Crippen MR) is 123 cm³/mol. The molecule has 1 aliphatic rings. The number of hydrogen-bond acceptors (Lipinski definition) is 4. The van der Waals surface area contributed by atoms with E-state index >= 15 is 0 Å². The Morgan fingerprint density at radius 1 is 1.00 bits per heavy atom. The minimum atomic E-state index is -4.49. The van der Waals surface area contributed by atoms with Crippen molar-refractivity contribution in [1.29, 1.82) is 0 Å². The summed E-state index contributed by atoms with van der Waals surface area (Å²) in [6, 6.07) is 11.3. The fourth-order valence-electron chi connectivity index (χ4n) is 4.17. The molecule has 0 aliphatic carbocycles. The lowest BCUT2D eigenvalue weighted by Crippen LogP contribution is -2.37. The zero-order valence-electron chi connectivity index (χ0n) is 18.9. The van der Waals surface area contributed by atoms with Gasteiger partial charge in [-0.25, -0.2) is 0 Å². The summed E-state index contributed by atoms with van der Waals surface area (Å²) >= 11 is 6.43. The van der Waals surface area contributed by atoms with E-state index in [0.717, 1.165) is 12.1 Å². The molecule has 0 fully saturated rings. The number of halogens is 4. The molecule has 9 heteroatoms. The van der Waals surface area contributed by atoms with Crippen LogP contribution in [0.25, 0.3) is 5.69 Å². The van der Waals surface area contributed by atoms with Gasteiger partial charge in [-0.3, -0.25) is 14.5 Å². The van der Waals surface area contributed by atoms with Crippen LogP contribution in [0.3, 0.4) is 0 Å². The van der Waals surface area contributed by atoms with Crippen LogP contribution < -0.4 is 0 Å². The third-order valence-electron chi connectivity index (χ3n) is 5.78. The number of rotatable bonds is 5. The summed E-state index contributed by atoms with van der Waals surface area (Å²) in [5, 5.41) is 9.12. The van der Waals surface area contributed by atoms with E-state index in [-0.39, 0.29) is 18.6 Å². The quantitative estimate of drug-likeness (QED) is 0.461. The molecule has 0 saturated carbocycles. The molecular formula is C24H25ClF3N5. The van der Waals surface area contributed by atoms with Crippen LogP contribution in [0.4, 0.5) is 13.2 Å². The molecule has 1 aliphatic heterocycles. The highest BCUT2D eigenvalue weighted by atomic mass is 35.5. The van der Waals surface area contributed by atoms with Gasteiger partial charge in [0, 0.05) is 28.2 Å². The molecule has 0 amide bonds. The van der Waals surface area contributed by atoms with Gasteiger partial charge in [-0.1, -0.05) is 35.9 Å². The molecule has 0 spiro atoms. The summed E-state index contributed by atoms with van der Waals surface area (Å²) < 4.78 is 42.7. The Balaban J connectivity index is 1.93. The number of hydrogen-bond donors (Lipinski definition) is 0. The van der Waals surface area contributed by atoms with E-state index in [1.54, 1.807) is 16.7 Å². The van der Waals surface area contributed by atoms with Gasteiger partial charge >= 0.3 is 6.18 Å². The van der Waals surface area contributed by atoms with Gasteiger partial charge in [0.25, 0.3) is 0 Å². The third-order valence-corrected chi connectivity index (χ3v) is 6.11. The van der Waals surface area contributed by atoms with Gasteiger partial charge < -0.3 is 0 Å². The Morgan fingerprint density at radius 2 is 1.70 bits per heavy atom. The second-order valence-corrected chi connectivity index (χ2v) is 9.01. The lowest BCUT2D eigenvalue weighted by molar-refractivity contribution is -0.137. The number of aliphatic imine (C=N–C) groups is 1. The molecule has 0 atom stereocenters. The molecule has 3 aromatic rings. The third kappa shape index (κ3) is 4.54. The molecule has 4 rings (SSSR count). The largest absolute Gasteiger partial charge is 0.416 e. The molecular weight excluding hydrogens is 451 g/mol. The van der Waals surface area contributed by atoms with Gasteiger partial charge in [0.2, 0.25) is 0 Å². The van der Waals surface area contributed by atoms with Crippen LogP contribution in [-0.4, -0.2) is 37.5 Å². The summed E-state index contributed by atoms with van der Waals surface area (Å²) in [6.07, 6.45) is -4.49. The first-order chi connectivity index (χ1) is 15.6. The lowest BCUT2D eigenvalue weighted by atomic mass is 9.98.